The van der Waals surface area contributed by atoms with Crippen LogP contribution in [0.25, 0.3) is 0 Å². The highest BCUT2D eigenvalue weighted by atomic mass is 19.3. The van der Waals surface area contributed by atoms with Gasteiger partial charge in [0.05, 0.1) is 20.6 Å². The average Bonchev–Trinajstić information content (AvgIpc) is 2.27. The first-order chi connectivity index (χ1) is 8.05. The smallest absolute Gasteiger partial charge is 0.388 e. The third-order valence-electron chi connectivity index (χ3n) is 1.83. The van der Waals surface area contributed by atoms with Gasteiger partial charge in [-0.05, 0) is 5.56 Å². The number of methoxy groups -OCH3 is 2. The first-order valence-corrected chi connectivity index (χ1v) is 4.61. The van der Waals surface area contributed by atoms with Crippen LogP contribution in [0.2, 0.25) is 0 Å². The zero-order valence-corrected chi connectivity index (χ0v) is 9.28. The Balaban J connectivity index is 2.92. The number of aromatic nitrogens is 1. The van der Waals surface area contributed by atoms with Gasteiger partial charge >= 0.3 is 12.6 Å². The fraction of sp³-hybridized carbons (Fsp3) is 0.400. The predicted octanol–water partition coefficient (Wildman–Crippen LogP) is 1.41. The monoisotopic (exact) mass is 247 g/mol. The van der Waals surface area contributed by atoms with Gasteiger partial charge in [0.15, 0.2) is 0 Å². The molecule has 0 unspecified atom stereocenters. The molecule has 1 aromatic rings. The molecule has 0 saturated carbocycles. The minimum absolute atomic E-state index is 0.0744. The van der Waals surface area contributed by atoms with Crippen LogP contribution in [0.1, 0.15) is 5.56 Å². The Morgan fingerprint density at radius 1 is 1.35 bits per heavy atom. The Kier molecular flexibility index (Phi) is 4.62. The molecule has 1 heterocycles. The standard InChI is InChI=1S/C10H11F2NO4/c1-15-7-3-6(5-9(14)16-2)4-8(13-7)17-10(11)12/h3-4,10H,5H2,1-2H3. The molecular formula is C10H11F2NO4. The highest BCUT2D eigenvalue weighted by molar-refractivity contribution is 5.72. The fourth-order valence-corrected chi connectivity index (χ4v) is 1.13. The van der Waals surface area contributed by atoms with Crippen molar-refractivity contribution in [1.82, 2.24) is 4.98 Å². The van der Waals surface area contributed by atoms with E-state index in [0.717, 1.165) is 0 Å². The number of ether oxygens (including phenoxy) is 3. The molecule has 17 heavy (non-hydrogen) atoms. The van der Waals surface area contributed by atoms with Gasteiger partial charge < -0.3 is 14.2 Å². The molecule has 94 valence electrons. The van der Waals surface area contributed by atoms with Crippen molar-refractivity contribution in [2.75, 3.05) is 14.2 Å². The van der Waals surface area contributed by atoms with E-state index in [1.165, 1.54) is 26.4 Å². The van der Waals surface area contributed by atoms with Crippen molar-refractivity contribution in [1.29, 1.82) is 0 Å². The molecule has 7 heteroatoms. The van der Waals surface area contributed by atoms with Crippen LogP contribution >= 0.6 is 0 Å². The molecule has 0 fully saturated rings. The summed E-state index contributed by atoms with van der Waals surface area (Å²) in [6.45, 7) is -2.99. The quantitative estimate of drug-likeness (QED) is 0.736. The van der Waals surface area contributed by atoms with Crippen LogP contribution < -0.4 is 9.47 Å². The molecule has 0 aromatic carbocycles. The lowest BCUT2D eigenvalue weighted by Crippen LogP contribution is -2.08. The molecule has 0 amide bonds. The van der Waals surface area contributed by atoms with Crippen LogP contribution in [0.4, 0.5) is 8.78 Å². The van der Waals surface area contributed by atoms with Crippen LogP contribution in [-0.2, 0) is 16.0 Å². The van der Waals surface area contributed by atoms with Gasteiger partial charge in [0.1, 0.15) is 0 Å². The van der Waals surface area contributed by atoms with Gasteiger partial charge in [0.2, 0.25) is 11.8 Å². The van der Waals surface area contributed by atoms with Gasteiger partial charge in [0, 0.05) is 12.1 Å². The topological polar surface area (TPSA) is 57.7 Å². The second-order valence-electron chi connectivity index (χ2n) is 2.99. The highest BCUT2D eigenvalue weighted by Gasteiger charge is 2.11. The number of nitrogens with zero attached hydrogens (tertiary/aromatic N) is 1. The summed E-state index contributed by atoms with van der Waals surface area (Å²) in [4.78, 5) is 14.7. The molecule has 0 aliphatic carbocycles. The van der Waals surface area contributed by atoms with Crippen molar-refractivity contribution in [2.45, 2.75) is 13.0 Å². The Morgan fingerprint density at radius 3 is 2.53 bits per heavy atom. The van der Waals surface area contributed by atoms with E-state index in [2.05, 4.69) is 14.5 Å². The molecule has 0 N–H and O–H groups in total. The number of halogens is 2. The van der Waals surface area contributed by atoms with Crippen LogP contribution in [-0.4, -0.2) is 31.8 Å². The van der Waals surface area contributed by atoms with E-state index in [1.807, 2.05) is 0 Å². The van der Waals surface area contributed by atoms with Gasteiger partial charge in [-0.3, -0.25) is 4.79 Å². The number of carbonyl (C=O) groups excluding carboxylic acids is 1. The zero-order chi connectivity index (χ0) is 12.8. The molecule has 0 saturated heterocycles. The summed E-state index contributed by atoms with van der Waals surface area (Å²) < 4.78 is 37.4. The molecular weight excluding hydrogens is 236 g/mol. The summed E-state index contributed by atoms with van der Waals surface area (Å²) in [5.41, 5.74) is 0.416. The molecule has 0 spiro atoms. The van der Waals surface area contributed by atoms with E-state index < -0.39 is 12.6 Å². The maximum absolute atomic E-state index is 12.0. The van der Waals surface area contributed by atoms with E-state index in [9.17, 15) is 13.6 Å². The Morgan fingerprint density at radius 2 is 2.00 bits per heavy atom. The number of hydrogen-bond acceptors (Lipinski definition) is 5. The Hall–Kier alpha value is -1.92. The van der Waals surface area contributed by atoms with E-state index in [1.54, 1.807) is 0 Å². The molecule has 0 aliphatic heterocycles. The summed E-state index contributed by atoms with van der Waals surface area (Å²) >= 11 is 0. The van der Waals surface area contributed by atoms with Crippen LogP contribution in [0, 0.1) is 0 Å². The number of hydrogen-bond donors (Lipinski definition) is 0. The van der Waals surface area contributed by atoms with Crippen LogP contribution in [0.3, 0.4) is 0 Å². The summed E-state index contributed by atoms with van der Waals surface area (Å²) in [7, 11) is 2.56. The van der Waals surface area contributed by atoms with E-state index in [-0.39, 0.29) is 18.2 Å². The lowest BCUT2D eigenvalue weighted by Gasteiger charge is -2.08. The van der Waals surface area contributed by atoms with Gasteiger partial charge in [-0.1, -0.05) is 0 Å². The summed E-state index contributed by atoms with van der Waals surface area (Å²) in [6, 6.07) is 2.67. The minimum atomic E-state index is -2.99. The van der Waals surface area contributed by atoms with Crippen molar-refractivity contribution in [3.8, 4) is 11.8 Å². The second-order valence-corrected chi connectivity index (χ2v) is 2.99. The molecule has 0 atom stereocenters. The second kappa shape index (κ2) is 5.97. The van der Waals surface area contributed by atoms with Crippen molar-refractivity contribution >= 4 is 5.97 Å². The van der Waals surface area contributed by atoms with Crippen LogP contribution in [0.5, 0.6) is 11.8 Å². The first-order valence-electron chi connectivity index (χ1n) is 4.61. The predicted molar refractivity (Wildman–Crippen MR) is 53.1 cm³/mol. The summed E-state index contributed by atoms with van der Waals surface area (Å²) in [5.74, 6) is -0.721. The largest absolute Gasteiger partial charge is 0.481 e. The van der Waals surface area contributed by atoms with Gasteiger partial charge in [-0.25, -0.2) is 0 Å². The zero-order valence-electron chi connectivity index (χ0n) is 9.28. The molecule has 5 nitrogen and oxygen atoms in total. The fourth-order valence-electron chi connectivity index (χ4n) is 1.13. The van der Waals surface area contributed by atoms with Crippen LogP contribution in [0.15, 0.2) is 12.1 Å². The Labute approximate surface area is 96.3 Å². The minimum Gasteiger partial charge on any atom is -0.481 e. The number of pyridine rings is 1. The van der Waals surface area contributed by atoms with Gasteiger partial charge in [0.25, 0.3) is 0 Å². The van der Waals surface area contributed by atoms with Crippen molar-refractivity contribution < 1.29 is 27.8 Å². The third-order valence-corrected chi connectivity index (χ3v) is 1.83. The maximum atomic E-state index is 12.0. The average molecular weight is 247 g/mol. The van der Waals surface area contributed by atoms with Gasteiger partial charge in [-0.15, -0.1) is 0 Å². The molecule has 1 aromatic heterocycles. The third kappa shape index (κ3) is 4.21. The number of alkyl halides is 2. The van der Waals surface area contributed by atoms with Gasteiger partial charge in [-0.2, -0.15) is 13.8 Å². The normalized spacial score (nSPS) is 10.2. The molecule has 0 aliphatic rings. The maximum Gasteiger partial charge on any atom is 0.388 e. The number of carbonyl (C=O) groups is 1. The molecule has 0 bridgehead atoms. The van der Waals surface area contributed by atoms with Crippen molar-refractivity contribution in [2.24, 2.45) is 0 Å². The van der Waals surface area contributed by atoms with Crippen molar-refractivity contribution in [3.05, 3.63) is 17.7 Å². The lowest BCUT2D eigenvalue weighted by molar-refractivity contribution is -0.139. The number of esters is 1. The summed E-state index contributed by atoms with van der Waals surface area (Å²) in [5, 5.41) is 0. The molecule has 1 rings (SSSR count). The highest BCUT2D eigenvalue weighted by Crippen LogP contribution is 2.20. The lowest BCUT2D eigenvalue weighted by atomic mass is 10.2. The van der Waals surface area contributed by atoms with E-state index in [4.69, 9.17) is 4.74 Å². The summed E-state index contributed by atoms with van der Waals surface area (Å²) in [6.07, 6.45) is -0.0744. The Bertz CT molecular complexity index is 398. The molecule has 0 radical (unpaired) electrons. The SMILES string of the molecule is COC(=O)Cc1cc(OC)nc(OC(F)F)c1. The first kappa shape index (κ1) is 13.1. The van der Waals surface area contributed by atoms with E-state index >= 15 is 0 Å². The van der Waals surface area contributed by atoms with E-state index in [0.29, 0.717) is 5.56 Å². The van der Waals surface area contributed by atoms with Crippen molar-refractivity contribution in [3.63, 3.8) is 0 Å². The number of rotatable bonds is 5.